The minimum atomic E-state index is -0.540. The fourth-order valence-electron chi connectivity index (χ4n) is 1.59. The summed E-state index contributed by atoms with van der Waals surface area (Å²) in [6.07, 6.45) is 2.43. The summed E-state index contributed by atoms with van der Waals surface area (Å²) >= 11 is 5.86. The molecule has 2 rings (SSSR count). The highest BCUT2D eigenvalue weighted by atomic mass is 35.5. The summed E-state index contributed by atoms with van der Waals surface area (Å²) < 4.78 is 6.24. The zero-order chi connectivity index (χ0) is 12.4. The van der Waals surface area contributed by atoms with Crippen LogP contribution in [0.4, 0.5) is 0 Å². The summed E-state index contributed by atoms with van der Waals surface area (Å²) in [6.45, 7) is 0. The quantitative estimate of drug-likeness (QED) is 0.614. The van der Waals surface area contributed by atoms with Gasteiger partial charge in [-0.25, -0.2) is 9.78 Å². The number of rotatable bonds is 3. The third-order valence-electron chi connectivity index (χ3n) is 2.32. The van der Waals surface area contributed by atoms with E-state index in [1.807, 2.05) is 0 Å². The Morgan fingerprint density at radius 2 is 2.35 bits per heavy atom. The van der Waals surface area contributed by atoms with Gasteiger partial charge in [0.05, 0.1) is 24.1 Å². The Hall–Kier alpha value is -1.88. The molecule has 0 saturated heterocycles. The van der Waals surface area contributed by atoms with Gasteiger partial charge in [0.1, 0.15) is 12.1 Å². The van der Waals surface area contributed by atoms with Crippen molar-refractivity contribution in [3.05, 3.63) is 34.9 Å². The Labute approximate surface area is 102 Å². The molecule has 0 aliphatic rings. The first-order valence-electron chi connectivity index (χ1n) is 4.85. The second-order valence-corrected chi connectivity index (χ2v) is 3.78. The molecule has 0 unspecified atom stereocenters. The van der Waals surface area contributed by atoms with Crippen LogP contribution in [0.2, 0.25) is 5.02 Å². The Bertz CT molecular complexity index is 592. The molecule has 0 bridgehead atoms. The van der Waals surface area contributed by atoms with Gasteiger partial charge in [0.25, 0.3) is 0 Å². The molecule has 0 spiro atoms. The number of aldehydes is 1. The maximum atomic E-state index is 11.5. The van der Waals surface area contributed by atoms with Gasteiger partial charge in [0.2, 0.25) is 0 Å². The number of hydrogen-bond acceptors (Lipinski definition) is 4. The van der Waals surface area contributed by atoms with Crippen LogP contribution in [-0.2, 0) is 16.0 Å². The first-order chi connectivity index (χ1) is 8.17. The van der Waals surface area contributed by atoms with Crippen LogP contribution in [0.25, 0.3) is 5.52 Å². The van der Waals surface area contributed by atoms with Crippen molar-refractivity contribution in [2.24, 2.45) is 0 Å². The topological polar surface area (TPSA) is 60.7 Å². The molecule has 2 aromatic rings. The summed E-state index contributed by atoms with van der Waals surface area (Å²) in [4.78, 5) is 26.1. The third-order valence-corrected chi connectivity index (χ3v) is 2.54. The Morgan fingerprint density at radius 1 is 1.59 bits per heavy atom. The van der Waals surface area contributed by atoms with Crippen LogP contribution < -0.4 is 0 Å². The number of carbonyl (C=O) groups excluding carboxylic acids is 2. The van der Waals surface area contributed by atoms with E-state index in [0.717, 1.165) is 6.29 Å². The van der Waals surface area contributed by atoms with Crippen LogP contribution in [0.5, 0.6) is 0 Å². The van der Waals surface area contributed by atoms with Gasteiger partial charge < -0.3 is 13.9 Å². The van der Waals surface area contributed by atoms with Gasteiger partial charge in [-0.2, -0.15) is 0 Å². The molecule has 0 radical (unpaired) electrons. The van der Waals surface area contributed by atoms with Crippen molar-refractivity contribution < 1.29 is 14.3 Å². The van der Waals surface area contributed by atoms with E-state index in [-0.39, 0.29) is 12.1 Å². The van der Waals surface area contributed by atoms with E-state index in [0.29, 0.717) is 16.4 Å². The lowest BCUT2D eigenvalue weighted by molar-refractivity contribution is -0.107. The Balaban J connectivity index is 2.69. The second kappa shape index (κ2) is 4.55. The molecule has 0 saturated carbocycles. The molecule has 2 aromatic heterocycles. The van der Waals surface area contributed by atoms with E-state index in [9.17, 15) is 9.59 Å². The number of imidazole rings is 1. The molecule has 0 aliphatic heterocycles. The lowest BCUT2D eigenvalue weighted by atomic mass is 10.3. The van der Waals surface area contributed by atoms with Crippen molar-refractivity contribution in [1.82, 2.24) is 9.38 Å². The van der Waals surface area contributed by atoms with Crippen LogP contribution in [-0.4, -0.2) is 28.7 Å². The average molecular weight is 253 g/mol. The number of halogens is 1. The molecule has 0 N–H and O–H groups in total. The Kier molecular flexibility index (Phi) is 3.10. The second-order valence-electron chi connectivity index (χ2n) is 3.34. The SMILES string of the molecule is COC(=O)c1nc(CC=O)n2cc(Cl)ccc12. The molecule has 88 valence electrons. The summed E-state index contributed by atoms with van der Waals surface area (Å²) in [5, 5.41) is 0.499. The number of fused-ring (bicyclic) bond motifs is 1. The van der Waals surface area contributed by atoms with E-state index in [1.165, 1.54) is 7.11 Å². The number of pyridine rings is 1. The van der Waals surface area contributed by atoms with E-state index in [1.54, 1.807) is 22.7 Å². The number of nitrogens with zero attached hydrogens (tertiary/aromatic N) is 2. The molecule has 17 heavy (non-hydrogen) atoms. The number of aromatic nitrogens is 2. The van der Waals surface area contributed by atoms with Crippen molar-refractivity contribution in [3.8, 4) is 0 Å². The van der Waals surface area contributed by atoms with Crippen LogP contribution in [0.15, 0.2) is 18.3 Å². The van der Waals surface area contributed by atoms with E-state index < -0.39 is 5.97 Å². The molecule has 0 amide bonds. The molecule has 0 fully saturated rings. The number of esters is 1. The summed E-state index contributed by atoms with van der Waals surface area (Å²) in [5.74, 6) is -0.0835. The first-order valence-corrected chi connectivity index (χ1v) is 5.23. The molecule has 0 aliphatic carbocycles. The highest BCUT2D eigenvalue weighted by Gasteiger charge is 2.17. The molecule has 2 heterocycles. The van der Waals surface area contributed by atoms with Gasteiger partial charge in [-0.1, -0.05) is 11.6 Å². The van der Waals surface area contributed by atoms with E-state index in [2.05, 4.69) is 9.72 Å². The number of methoxy groups -OCH3 is 1. The summed E-state index contributed by atoms with van der Waals surface area (Å²) in [6, 6.07) is 3.31. The molecular formula is C11H9ClN2O3. The molecule has 0 atom stereocenters. The van der Waals surface area contributed by atoms with Crippen LogP contribution >= 0.6 is 11.6 Å². The van der Waals surface area contributed by atoms with Gasteiger partial charge in [0.15, 0.2) is 5.69 Å². The van der Waals surface area contributed by atoms with Gasteiger partial charge >= 0.3 is 5.97 Å². The van der Waals surface area contributed by atoms with Gasteiger partial charge in [0, 0.05) is 6.20 Å². The van der Waals surface area contributed by atoms with E-state index in [4.69, 9.17) is 11.6 Å². The predicted octanol–water partition coefficient (Wildman–Crippen LogP) is 1.52. The normalized spacial score (nSPS) is 10.5. The fraction of sp³-hybridized carbons (Fsp3) is 0.182. The minimum Gasteiger partial charge on any atom is -0.464 e. The van der Waals surface area contributed by atoms with Crippen LogP contribution in [0.3, 0.4) is 0 Å². The molecule has 0 aromatic carbocycles. The zero-order valence-electron chi connectivity index (χ0n) is 9.01. The predicted molar refractivity (Wildman–Crippen MR) is 61.3 cm³/mol. The number of carbonyl (C=O) groups is 2. The van der Waals surface area contributed by atoms with Crippen molar-refractivity contribution in [2.45, 2.75) is 6.42 Å². The third kappa shape index (κ3) is 2.01. The highest BCUT2D eigenvalue weighted by Crippen LogP contribution is 2.18. The lowest BCUT2D eigenvalue weighted by Crippen LogP contribution is -2.02. The largest absolute Gasteiger partial charge is 0.464 e. The van der Waals surface area contributed by atoms with Crippen molar-refractivity contribution in [1.29, 1.82) is 0 Å². The smallest absolute Gasteiger partial charge is 0.358 e. The van der Waals surface area contributed by atoms with Crippen molar-refractivity contribution in [2.75, 3.05) is 7.11 Å². The lowest BCUT2D eigenvalue weighted by Gasteiger charge is -1.98. The minimum absolute atomic E-state index is 0.110. The van der Waals surface area contributed by atoms with Gasteiger partial charge in [-0.15, -0.1) is 0 Å². The first kappa shape index (κ1) is 11.6. The van der Waals surface area contributed by atoms with Gasteiger partial charge in [-0.3, -0.25) is 0 Å². The van der Waals surface area contributed by atoms with Gasteiger partial charge in [-0.05, 0) is 12.1 Å². The molecular weight excluding hydrogens is 244 g/mol. The number of hydrogen-bond donors (Lipinski definition) is 0. The van der Waals surface area contributed by atoms with E-state index >= 15 is 0 Å². The zero-order valence-corrected chi connectivity index (χ0v) is 9.77. The monoisotopic (exact) mass is 252 g/mol. The Morgan fingerprint density at radius 3 is 3.00 bits per heavy atom. The fourth-order valence-corrected chi connectivity index (χ4v) is 1.75. The van der Waals surface area contributed by atoms with Crippen molar-refractivity contribution in [3.63, 3.8) is 0 Å². The summed E-state index contributed by atoms with van der Waals surface area (Å²) in [5.41, 5.74) is 0.749. The van der Waals surface area contributed by atoms with Crippen LogP contribution in [0.1, 0.15) is 16.3 Å². The maximum Gasteiger partial charge on any atom is 0.358 e. The molecule has 5 nitrogen and oxygen atoms in total. The van der Waals surface area contributed by atoms with Crippen LogP contribution in [0, 0.1) is 0 Å². The van der Waals surface area contributed by atoms with Crippen molar-refractivity contribution >= 4 is 29.4 Å². The summed E-state index contributed by atoms with van der Waals surface area (Å²) in [7, 11) is 1.28. The molecule has 6 heteroatoms. The maximum absolute atomic E-state index is 11.5. The standard InChI is InChI=1S/C11H9ClN2O3/c1-17-11(16)10-8-3-2-7(12)6-14(8)9(13-10)4-5-15/h2-3,5-6H,4H2,1H3. The average Bonchev–Trinajstić information content (AvgIpc) is 2.67. The number of ether oxygens (including phenoxy) is 1. The highest BCUT2D eigenvalue weighted by molar-refractivity contribution is 6.30.